The Morgan fingerprint density at radius 2 is 1.82 bits per heavy atom. The van der Waals surface area contributed by atoms with Crippen molar-refractivity contribution >= 4 is 40.9 Å². The van der Waals surface area contributed by atoms with Gasteiger partial charge in [-0.05, 0) is 30.3 Å². The van der Waals surface area contributed by atoms with Crippen molar-refractivity contribution in [3.05, 3.63) is 0 Å². The van der Waals surface area contributed by atoms with E-state index in [1.165, 1.54) is 0 Å². The summed E-state index contributed by atoms with van der Waals surface area (Å²) in [6, 6.07) is 0. The van der Waals surface area contributed by atoms with Gasteiger partial charge in [-0.15, -0.1) is 0 Å². The van der Waals surface area contributed by atoms with Crippen LogP contribution >= 0.6 is 24.0 Å². The zero-order valence-corrected chi connectivity index (χ0v) is 12.0. The van der Waals surface area contributed by atoms with Gasteiger partial charge in [0.2, 0.25) is 11.8 Å². The summed E-state index contributed by atoms with van der Waals surface area (Å²) in [5, 5.41) is 5.24. The second-order valence-electron chi connectivity index (χ2n) is 4.55. The first kappa shape index (κ1) is 14.4. The van der Waals surface area contributed by atoms with Gasteiger partial charge in [0, 0.05) is 5.75 Å². The summed E-state index contributed by atoms with van der Waals surface area (Å²) in [5.41, 5.74) is -0.975. The number of amides is 2. The van der Waals surface area contributed by atoms with Gasteiger partial charge in [-0.1, -0.05) is 20.8 Å². The molecule has 1 aliphatic rings. The molecule has 4 nitrogen and oxygen atoms in total. The van der Waals surface area contributed by atoms with Crippen LogP contribution in [0, 0.1) is 11.3 Å². The molecule has 1 heterocycles. The Balaban J connectivity index is 2.97. The Bertz CT molecular complexity index is 322. The van der Waals surface area contributed by atoms with Crippen molar-refractivity contribution in [2.75, 3.05) is 11.5 Å². The fourth-order valence-corrected chi connectivity index (χ4v) is 3.05. The Kier molecular flexibility index (Phi) is 4.94. The highest BCUT2D eigenvalue weighted by molar-refractivity contribution is 7.99. The maximum Gasteiger partial charge on any atom is 0.242 e. The molecular weight excluding hydrogens is 256 g/mol. The average molecular weight is 274 g/mol. The maximum atomic E-state index is 12.1. The fourth-order valence-electron chi connectivity index (χ4n) is 1.93. The van der Waals surface area contributed by atoms with Crippen molar-refractivity contribution in [1.82, 2.24) is 10.6 Å². The summed E-state index contributed by atoms with van der Waals surface area (Å²) in [6.07, 6.45) is 0.542. The summed E-state index contributed by atoms with van der Waals surface area (Å²) in [4.78, 5) is 24.2. The molecule has 0 atom stereocenters. The quantitative estimate of drug-likeness (QED) is 0.586. The van der Waals surface area contributed by atoms with Crippen LogP contribution in [0.3, 0.4) is 0 Å². The molecule has 17 heavy (non-hydrogen) atoms. The molecule has 0 aliphatic carbocycles. The van der Waals surface area contributed by atoms with E-state index in [1.807, 2.05) is 20.8 Å². The van der Waals surface area contributed by atoms with Crippen LogP contribution < -0.4 is 10.6 Å². The van der Waals surface area contributed by atoms with Gasteiger partial charge in [0.25, 0.3) is 0 Å². The van der Waals surface area contributed by atoms with Crippen LogP contribution in [0.5, 0.6) is 0 Å². The molecule has 1 aliphatic heterocycles. The normalized spacial score (nSPS) is 19.2. The van der Waals surface area contributed by atoms with Crippen molar-refractivity contribution in [3.63, 3.8) is 0 Å². The SMILES string of the molecule is CCSCC1(CC(C)C)C(=O)NC(=S)NC1=O. The first-order valence-corrected chi connectivity index (χ1v) is 7.23. The standard InChI is InChI=1S/C11H18N2O2S2/c1-4-17-6-11(5-7(2)3)8(14)12-10(16)13-9(11)15/h7H,4-6H2,1-3H3,(H2,12,13,14,15,16). The second kappa shape index (κ2) is 5.82. The lowest BCUT2D eigenvalue weighted by Crippen LogP contribution is -2.63. The van der Waals surface area contributed by atoms with Crippen LogP contribution in [0.15, 0.2) is 0 Å². The van der Waals surface area contributed by atoms with Crippen LogP contribution in [-0.2, 0) is 9.59 Å². The summed E-state index contributed by atoms with van der Waals surface area (Å²) in [5.74, 6) is 1.13. The van der Waals surface area contributed by atoms with Gasteiger partial charge in [-0.3, -0.25) is 9.59 Å². The van der Waals surface area contributed by atoms with E-state index in [0.29, 0.717) is 12.2 Å². The molecule has 96 valence electrons. The topological polar surface area (TPSA) is 58.2 Å². The van der Waals surface area contributed by atoms with E-state index in [4.69, 9.17) is 12.2 Å². The molecule has 0 aromatic rings. The second-order valence-corrected chi connectivity index (χ2v) is 6.24. The average Bonchev–Trinajstić information content (AvgIpc) is 2.21. The van der Waals surface area contributed by atoms with Crippen molar-refractivity contribution in [3.8, 4) is 0 Å². The Hall–Kier alpha value is -0.620. The minimum Gasteiger partial charge on any atom is -0.302 e. The maximum absolute atomic E-state index is 12.1. The molecule has 1 rings (SSSR count). The molecular formula is C11H18N2O2S2. The van der Waals surface area contributed by atoms with Crippen molar-refractivity contribution in [2.45, 2.75) is 27.2 Å². The largest absolute Gasteiger partial charge is 0.302 e. The number of carbonyl (C=O) groups excluding carboxylic acids is 2. The van der Waals surface area contributed by atoms with Gasteiger partial charge < -0.3 is 10.6 Å². The van der Waals surface area contributed by atoms with Crippen LogP contribution in [0.2, 0.25) is 0 Å². The third kappa shape index (κ3) is 3.19. The summed E-state index contributed by atoms with van der Waals surface area (Å²) >= 11 is 6.42. The molecule has 0 bridgehead atoms. The number of rotatable bonds is 5. The molecule has 0 saturated carbocycles. The third-order valence-electron chi connectivity index (χ3n) is 2.63. The van der Waals surface area contributed by atoms with Gasteiger partial charge in [-0.25, -0.2) is 0 Å². The smallest absolute Gasteiger partial charge is 0.242 e. The molecule has 1 fully saturated rings. The third-order valence-corrected chi connectivity index (χ3v) is 3.94. The Morgan fingerprint density at radius 1 is 1.29 bits per heavy atom. The predicted octanol–water partition coefficient (Wildman–Crippen LogP) is 1.30. The molecule has 0 radical (unpaired) electrons. The highest BCUT2D eigenvalue weighted by atomic mass is 32.2. The lowest BCUT2D eigenvalue weighted by Gasteiger charge is -2.35. The summed E-state index contributed by atoms with van der Waals surface area (Å²) < 4.78 is 0. The van der Waals surface area contributed by atoms with Crippen LogP contribution in [0.1, 0.15) is 27.2 Å². The minimum atomic E-state index is -0.975. The van der Waals surface area contributed by atoms with E-state index in [1.54, 1.807) is 11.8 Å². The van der Waals surface area contributed by atoms with Gasteiger partial charge in [0.05, 0.1) is 0 Å². The van der Waals surface area contributed by atoms with Crippen molar-refractivity contribution < 1.29 is 9.59 Å². The number of hydrogen-bond donors (Lipinski definition) is 2. The highest BCUT2D eigenvalue weighted by Gasteiger charge is 2.49. The van der Waals surface area contributed by atoms with Crippen LogP contribution in [0.4, 0.5) is 0 Å². The van der Waals surface area contributed by atoms with E-state index in [9.17, 15) is 9.59 Å². The number of thiocarbonyl (C=S) groups is 1. The molecule has 0 unspecified atom stereocenters. The minimum absolute atomic E-state index is 0.112. The number of nitrogens with one attached hydrogen (secondary N) is 2. The van der Waals surface area contributed by atoms with E-state index in [2.05, 4.69) is 10.6 Å². The molecule has 2 N–H and O–H groups in total. The van der Waals surface area contributed by atoms with E-state index >= 15 is 0 Å². The first-order chi connectivity index (χ1) is 7.92. The lowest BCUT2D eigenvalue weighted by atomic mass is 9.79. The number of carbonyl (C=O) groups is 2. The van der Waals surface area contributed by atoms with Crippen molar-refractivity contribution in [2.24, 2.45) is 11.3 Å². The zero-order valence-electron chi connectivity index (χ0n) is 10.3. The van der Waals surface area contributed by atoms with Crippen LogP contribution in [0.25, 0.3) is 0 Å². The fraction of sp³-hybridized carbons (Fsp3) is 0.727. The van der Waals surface area contributed by atoms with Crippen LogP contribution in [-0.4, -0.2) is 28.4 Å². The lowest BCUT2D eigenvalue weighted by molar-refractivity contribution is -0.143. The first-order valence-electron chi connectivity index (χ1n) is 5.67. The Morgan fingerprint density at radius 3 is 2.24 bits per heavy atom. The predicted molar refractivity (Wildman–Crippen MR) is 73.8 cm³/mol. The Labute approximate surface area is 111 Å². The highest BCUT2D eigenvalue weighted by Crippen LogP contribution is 2.33. The molecule has 1 saturated heterocycles. The molecule has 6 heteroatoms. The van der Waals surface area contributed by atoms with Crippen molar-refractivity contribution in [1.29, 1.82) is 0 Å². The summed E-state index contributed by atoms with van der Waals surface area (Å²) in [6.45, 7) is 6.02. The number of thioether (sulfide) groups is 1. The molecule has 0 aromatic heterocycles. The van der Waals surface area contributed by atoms with Gasteiger partial charge in [0.1, 0.15) is 5.41 Å². The molecule has 0 spiro atoms. The summed E-state index contributed by atoms with van der Waals surface area (Å²) in [7, 11) is 0. The van der Waals surface area contributed by atoms with E-state index < -0.39 is 5.41 Å². The van der Waals surface area contributed by atoms with Gasteiger partial charge in [-0.2, -0.15) is 11.8 Å². The van der Waals surface area contributed by atoms with Gasteiger partial charge in [0.15, 0.2) is 5.11 Å². The molecule has 2 amide bonds. The monoisotopic (exact) mass is 274 g/mol. The number of hydrogen-bond acceptors (Lipinski definition) is 4. The molecule has 0 aromatic carbocycles. The zero-order chi connectivity index (χ0) is 13.1. The van der Waals surface area contributed by atoms with E-state index in [0.717, 1.165) is 5.75 Å². The van der Waals surface area contributed by atoms with E-state index in [-0.39, 0.29) is 22.8 Å². The van der Waals surface area contributed by atoms with Gasteiger partial charge >= 0.3 is 0 Å².